The number of nitrogens with zero attached hydrogens (tertiary/aromatic N) is 2. The van der Waals surface area contributed by atoms with Gasteiger partial charge in [0.15, 0.2) is 0 Å². The van der Waals surface area contributed by atoms with Gasteiger partial charge in [0.1, 0.15) is 0 Å². The fraction of sp³-hybridized carbons (Fsp3) is 0.812. The van der Waals surface area contributed by atoms with Gasteiger partial charge < -0.3 is 5.32 Å². The van der Waals surface area contributed by atoms with Crippen molar-refractivity contribution in [2.24, 2.45) is 11.8 Å². The highest BCUT2D eigenvalue weighted by atomic mass is 15.3. The summed E-state index contributed by atoms with van der Waals surface area (Å²) in [6.45, 7) is 9.90. The van der Waals surface area contributed by atoms with E-state index in [1.807, 2.05) is 0 Å². The minimum absolute atomic E-state index is 0.707. The Kier molecular flexibility index (Phi) is 5.44. The van der Waals surface area contributed by atoms with Crippen molar-refractivity contribution >= 4 is 0 Å². The Morgan fingerprint density at radius 2 is 2.16 bits per heavy atom. The van der Waals surface area contributed by atoms with Crippen LogP contribution in [-0.4, -0.2) is 22.9 Å². The predicted octanol–water partition coefficient (Wildman–Crippen LogP) is 3.42. The van der Waals surface area contributed by atoms with Gasteiger partial charge in [-0.1, -0.05) is 26.7 Å². The number of hydrogen-bond acceptors (Lipinski definition) is 2. The molecule has 1 aliphatic carbocycles. The van der Waals surface area contributed by atoms with E-state index in [1.54, 1.807) is 0 Å². The molecule has 1 aromatic heterocycles. The van der Waals surface area contributed by atoms with E-state index in [2.05, 4.69) is 48.3 Å². The van der Waals surface area contributed by atoms with Crippen LogP contribution in [0.4, 0.5) is 0 Å². The Morgan fingerprint density at radius 3 is 2.79 bits per heavy atom. The van der Waals surface area contributed by atoms with Crippen LogP contribution in [0.2, 0.25) is 0 Å². The molecule has 1 aromatic rings. The maximum absolute atomic E-state index is 4.47. The molecule has 2 rings (SSSR count). The van der Waals surface area contributed by atoms with E-state index in [0.717, 1.165) is 31.5 Å². The molecule has 19 heavy (non-hydrogen) atoms. The van der Waals surface area contributed by atoms with Gasteiger partial charge in [0, 0.05) is 12.7 Å². The van der Waals surface area contributed by atoms with E-state index in [0.29, 0.717) is 5.92 Å². The second-order valence-corrected chi connectivity index (χ2v) is 5.89. The number of rotatable bonds is 6. The smallest absolute Gasteiger partial charge is 0.0524 e. The highest BCUT2D eigenvalue weighted by Gasteiger charge is 2.31. The van der Waals surface area contributed by atoms with Gasteiger partial charge >= 0.3 is 0 Å². The molecule has 108 valence electrons. The first kappa shape index (κ1) is 14.6. The molecule has 0 amide bonds. The van der Waals surface area contributed by atoms with Crippen LogP contribution >= 0.6 is 0 Å². The molecule has 0 spiro atoms. The normalized spacial score (nSPS) is 27.6. The van der Waals surface area contributed by atoms with Gasteiger partial charge in [-0.3, -0.25) is 4.68 Å². The van der Waals surface area contributed by atoms with Gasteiger partial charge in [0.2, 0.25) is 0 Å². The summed E-state index contributed by atoms with van der Waals surface area (Å²) in [7, 11) is 0. The lowest BCUT2D eigenvalue weighted by Gasteiger charge is -2.35. The van der Waals surface area contributed by atoms with Crippen molar-refractivity contribution in [1.82, 2.24) is 15.1 Å². The first-order valence-electron chi connectivity index (χ1n) is 8.01. The minimum Gasteiger partial charge on any atom is -0.317 e. The van der Waals surface area contributed by atoms with Crippen molar-refractivity contribution in [2.75, 3.05) is 13.1 Å². The average molecular weight is 263 g/mol. The summed E-state index contributed by atoms with van der Waals surface area (Å²) in [5.74, 6) is 2.41. The van der Waals surface area contributed by atoms with Crippen LogP contribution in [0, 0.1) is 11.8 Å². The lowest BCUT2D eigenvalue weighted by Crippen LogP contribution is -2.31. The number of nitrogens with one attached hydrogen (secondary N) is 1. The summed E-state index contributed by atoms with van der Waals surface area (Å²) in [5, 5.41) is 8.02. The Hall–Kier alpha value is -0.830. The van der Waals surface area contributed by atoms with Gasteiger partial charge in [-0.25, -0.2) is 0 Å². The van der Waals surface area contributed by atoms with Crippen molar-refractivity contribution in [3.8, 4) is 0 Å². The summed E-state index contributed by atoms with van der Waals surface area (Å²) in [5.41, 5.74) is 1.46. The molecular weight excluding hydrogens is 234 g/mol. The molecule has 3 unspecified atom stereocenters. The van der Waals surface area contributed by atoms with Crippen molar-refractivity contribution in [3.05, 3.63) is 18.0 Å². The fourth-order valence-electron chi connectivity index (χ4n) is 3.42. The molecule has 1 heterocycles. The first-order chi connectivity index (χ1) is 9.28. The lowest BCUT2D eigenvalue weighted by molar-refractivity contribution is 0.226. The molecule has 3 atom stereocenters. The first-order valence-corrected chi connectivity index (χ1v) is 8.01. The van der Waals surface area contributed by atoms with E-state index in [1.165, 1.54) is 31.2 Å². The summed E-state index contributed by atoms with van der Waals surface area (Å²) >= 11 is 0. The van der Waals surface area contributed by atoms with Gasteiger partial charge in [-0.2, -0.15) is 5.10 Å². The van der Waals surface area contributed by atoms with E-state index in [9.17, 15) is 0 Å². The molecule has 3 nitrogen and oxygen atoms in total. The lowest BCUT2D eigenvalue weighted by atomic mass is 9.71. The number of aryl methyl sites for hydroxylation is 1. The Labute approximate surface area is 117 Å². The molecular formula is C16H29N3. The monoisotopic (exact) mass is 263 g/mol. The van der Waals surface area contributed by atoms with Crippen LogP contribution in [-0.2, 0) is 6.54 Å². The zero-order chi connectivity index (χ0) is 13.7. The zero-order valence-electron chi connectivity index (χ0n) is 12.7. The van der Waals surface area contributed by atoms with Gasteiger partial charge in [-0.15, -0.1) is 0 Å². The molecule has 1 aliphatic rings. The maximum Gasteiger partial charge on any atom is 0.0524 e. The Balaban J connectivity index is 2.09. The van der Waals surface area contributed by atoms with Crippen LogP contribution in [0.25, 0.3) is 0 Å². The van der Waals surface area contributed by atoms with Crippen molar-refractivity contribution < 1.29 is 0 Å². The molecule has 0 bridgehead atoms. The molecule has 3 heteroatoms. The van der Waals surface area contributed by atoms with Gasteiger partial charge in [-0.05, 0) is 56.2 Å². The third kappa shape index (κ3) is 3.59. The second-order valence-electron chi connectivity index (χ2n) is 5.89. The molecule has 0 radical (unpaired) electrons. The topological polar surface area (TPSA) is 29.9 Å². The summed E-state index contributed by atoms with van der Waals surface area (Å²) in [6, 6.07) is 0. The van der Waals surface area contributed by atoms with E-state index < -0.39 is 0 Å². The summed E-state index contributed by atoms with van der Waals surface area (Å²) < 4.78 is 2.06. The van der Waals surface area contributed by atoms with Crippen LogP contribution in [0.3, 0.4) is 0 Å². The largest absolute Gasteiger partial charge is 0.317 e. The summed E-state index contributed by atoms with van der Waals surface area (Å²) in [4.78, 5) is 0. The van der Waals surface area contributed by atoms with E-state index >= 15 is 0 Å². The minimum atomic E-state index is 0.707. The fourth-order valence-corrected chi connectivity index (χ4v) is 3.42. The Bertz CT molecular complexity index is 372. The number of hydrogen-bond donors (Lipinski definition) is 1. The van der Waals surface area contributed by atoms with Crippen molar-refractivity contribution in [1.29, 1.82) is 0 Å². The standard InChI is InChI=1S/C16H29N3/c1-4-13-7-8-14(10-17-5-2)16(9-13)15-11-18-19(6-3)12-15/h11-14,16-17H,4-10H2,1-3H3. The maximum atomic E-state index is 4.47. The molecule has 0 aliphatic heterocycles. The molecule has 0 aromatic carbocycles. The summed E-state index contributed by atoms with van der Waals surface area (Å²) in [6.07, 6.45) is 9.82. The van der Waals surface area contributed by atoms with Crippen LogP contribution in [0.5, 0.6) is 0 Å². The quantitative estimate of drug-likeness (QED) is 0.852. The second kappa shape index (κ2) is 7.09. The SMILES string of the molecule is CCNCC1CCC(CC)CC1c1cnn(CC)c1. The van der Waals surface area contributed by atoms with Crippen molar-refractivity contribution in [3.63, 3.8) is 0 Å². The molecule has 0 saturated heterocycles. The average Bonchev–Trinajstić information content (AvgIpc) is 2.93. The van der Waals surface area contributed by atoms with Crippen molar-refractivity contribution in [2.45, 2.75) is 58.9 Å². The molecule has 1 fully saturated rings. The van der Waals surface area contributed by atoms with E-state index in [-0.39, 0.29) is 0 Å². The third-order valence-corrected chi connectivity index (χ3v) is 4.74. The third-order valence-electron chi connectivity index (χ3n) is 4.74. The predicted molar refractivity (Wildman–Crippen MR) is 80.3 cm³/mol. The van der Waals surface area contributed by atoms with Gasteiger partial charge in [0.25, 0.3) is 0 Å². The Morgan fingerprint density at radius 1 is 1.32 bits per heavy atom. The van der Waals surface area contributed by atoms with Gasteiger partial charge in [0.05, 0.1) is 6.20 Å². The van der Waals surface area contributed by atoms with Crippen LogP contribution in [0.15, 0.2) is 12.4 Å². The zero-order valence-corrected chi connectivity index (χ0v) is 12.7. The van der Waals surface area contributed by atoms with Crippen LogP contribution < -0.4 is 5.32 Å². The highest BCUT2D eigenvalue weighted by molar-refractivity contribution is 5.14. The molecule has 1 N–H and O–H groups in total. The van der Waals surface area contributed by atoms with E-state index in [4.69, 9.17) is 0 Å². The highest BCUT2D eigenvalue weighted by Crippen LogP contribution is 2.41. The molecule has 1 saturated carbocycles. The van der Waals surface area contributed by atoms with Crippen LogP contribution in [0.1, 0.15) is 57.9 Å². The number of aromatic nitrogens is 2.